The van der Waals surface area contributed by atoms with E-state index in [9.17, 15) is 4.79 Å². The first-order valence-electron chi connectivity index (χ1n) is 17.4. The highest BCUT2D eigenvalue weighted by molar-refractivity contribution is 6.35. The summed E-state index contributed by atoms with van der Waals surface area (Å²) in [6.07, 6.45) is 3.97. The van der Waals surface area contributed by atoms with Crippen LogP contribution in [0.3, 0.4) is 0 Å². The maximum absolute atomic E-state index is 12.8. The number of hydrogen-bond donors (Lipinski definition) is 0. The van der Waals surface area contributed by atoms with Gasteiger partial charge in [-0.05, 0) is 87.9 Å². The van der Waals surface area contributed by atoms with Crippen LogP contribution < -0.4 is 20.2 Å². The van der Waals surface area contributed by atoms with Gasteiger partial charge in [0.05, 0.1) is 29.9 Å². The summed E-state index contributed by atoms with van der Waals surface area (Å²) in [6, 6.07) is 21.8. The zero-order valence-corrected chi connectivity index (χ0v) is 30.8. The SMILES string of the molecule is CC[C@@H](C)n1ncn(-c2ccc(N3CCN(c4ccc(OC[C@@H]5CO[C@@](Cn6c(C)cnc6C)(c6ccc(Cl)cc6Cl)O5)cc4)CC3)cc2)c1=O. The summed E-state index contributed by atoms with van der Waals surface area (Å²) >= 11 is 12.9. The minimum atomic E-state index is -1.11. The molecule has 2 saturated heterocycles. The first-order chi connectivity index (χ1) is 24.6. The largest absolute Gasteiger partial charge is 0.491 e. The Hall–Kier alpha value is -4.29. The summed E-state index contributed by atoms with van der Waals surface area (Å²) in [5.41, 5.74) is 4.71. The van der Waals surface area contributed by atoms with E-state index in [0.717, 1.165) is 66.9 Å². The summed E-state index contributed by atoms with van der Waals surface area (Å²) in [4.78, 5) is 22.0. The van der Waals surface area contributed by atoms with Gasteiger partial charge in [0, 0.05) is 60.0 Å². The fourth-order valence-corrected chi connectivity index (χ4v) is 7.29. The predicted octanol–water partition coefficient (Wildman–Crippen LogP) is 6.80. The molecule has 2 aliphatic rings. The lowest BCUT2D eigenvalue weighted by molar-refractivity contribution is -0.189. The quantitative estimate of drug-likeness (QED) is 0.147. The molecule has 3 atom stereocenters. The molecule has 0 radical (unpaired) electrons. The van der Waals surface area contributed by atoms with Crippen LogP contribution in [0.2, 0.25) is 10.0 Å². The lowest BCUT2D eigenvalue weighted by atomic mass is 10.1. The number of rotatable bonds is 11. The van der Waals surface area contributed by atoms with Gasteiger partial charge < -0.3 is 28.6 Å². The van der Waals surface area contributed by atoms with Crippen LogP contribution in [0.1, 0.15) is 43.4 Å². The average molecular weight is 733 g/mol. The molecule has 0 amide bonds. The van der Waals surface area contributed by atoms with Gasteiger partial charge in [-0.3, -0.25) is 0 Å². The van der Waals surface area contributed by atoms with Gasteiger partial charge in [0.1, 0.15) is 30.6 Å². The Balaban J connectivity index is 0.939. The van der Waals surface area contributed by atoms with Crippen molar-refractivity contribution < 1.29 is 14.2 Å². The number of piperazine rings is 1. The molecule has 5 aromatic rings. The van der Waals surface area contributed by atoms with E-state index < -0.39 is 5.79 Å². The van der Waals surface area contributed by atoms with E-state index in [1.807, 2.05) is 57.3 Å². The lowest BCUT2D eigenvalue weighted by Gasteiger charge is -2.37. The van der Waals surface area contributed by atoms with Gasteiger partial charge in [-0.25, -0.2) is 19.0 Å². The molecular formula is C38H43Cl2N7O4. The second-order valence-electron chi connectivity index (χ2n) is 13.2. The average Bonchev–Trinajstić information content (AvgIpc) is 3.84. The van der Waals surface area contributed by atoms with Gasteiger partial charge in [-0.1, -0.05) is 36.2 Å². The molecule has 2 aromatic heterocycles. The van der Waals surface area contributed by atoms with Crippen LogP contribution in [-0.2, 0) is 21.8 Å². The van der Waals surface area contributed by atoms with E-state index >= 15 is 0 Å². The minimum Gasteiger partial charge on any atom is -0.491 e. The molecule has 268 valence electrons. The van der Waals surface area contributed by atoms with Crippen LogP contribution in [-0.4, -0.2) is 69.4 Å². The summed E-state index contributed by atoms with van der Waals surface area (Å²) < 4.78 is 24.4. The first kappa shape index (κ1) is 35.1. The molecule has 0 unspecified atom stereocenters. The highest BCUT2D eigenvalue weighted by Gasteiger charge is 2.46. The Morgan fingerprint density at radius 3 is 2.20 bits per heavy atom. The van der Waals surface area contributed by atoms with E-state index in [2.05, 4.69) is 55.6 Å². The van der Waals surface area contributed by atoms with Crippen molar-refractivity contribution in [1.29, 1.82) is 0 Å². The summed E-state index contributed by atoms with van der Waals surface area (Å²) in [6.45, 7) is 12.6. The van der Waals surface area contributed by atoms with Crippen LogP contribution >= 0.6 is 23.2 Å². The molecule has 0 saturated carbocycles. The molecule has 0 N–H and O–H groups in total. The zero-order valence-electron chi connectivity index (χ0n) is 29.3. The fraction of sp³-hybridized carbons (Fsp3) is 0.395. The standard InChI is InChI=1S/C38H43Cl2N7O4/c1-5-26(2)47-37(48)46(25-42-47)32-9-7-30(8-10-32)43-16-18-44(19-17-43)31-11-13-33(14-12-31)49-22-34-23-50-38(51-34,24-45-27(3)21-41-28(45)4)35-15-6-29(39)20-36(35)40/h6-15,20-21,25-26,34H,5,16-19,22-24H2,1-4H3/t26-,34-,38-/m1/s1. The Morgan fingerprint density at radius 1 is 0.941 bits per heavy atom. The highest BCUT2D eigenvalue weighted by Crippen LogP contribution is 2.41. The topological polar surface area (TPSA) is 91.8 Å². The Kier molecular flexibility index (Phi) is 10.2. The van der Waals surface area contributed by atoms with Gasteiger partial charge >= 0.3 is 5.69 Å². The maximum atomic E-state index is 12.8. The van der Waals surface area contributed by atoms with E-state index in [-0.39, 0.29) is 17.8 Å². The summed E-state index contributed by atoms with van der Waals surface area (Å²) in [5.74, 6) is 0.509. The van der Waals surface area contributed by atoms with Gasteiger partial charge in [0.2, 0.25) is 5.79 Å². The van der Waals surface area contributed by atoms with Gasteiger partial charge in [-0.15, -0.1) is 0 Å². The third-order valence-electron chi connectivity index (χ3n) is 9.93. The van der Waals surface area contributed by atoms with Crippen molar-refractivity contribution in [3.63, 3.8) is 0 Å². The van der Waals surface area contributed by atoms with Crippen molar-refractivity contribution >= 4 is 34.6 Å². The molecule has 7 rings (SSSR count). The molecule has 4 heterocycles. The van der Waals surface area contributed by atoms with Crippen molar-refractivity contribution in [3.05, 3.63) is 117 Å². The van der Waals surface area contributed by atoms with Crippen LogP contribution in [0, 0.1) is 13.8 Å². The first-order valence-corrected chi connectivity index (χ1v) is 18.1. The molecule has 0 bridgehead atoms. The van der Waals surface area contributed by atoms with Crippen molar-refractivity contribution in [1.82, 2.24) is 23.9 Å². The third kappa shape index (κ3) is 7.26. The van der Waals surface area contributed by atoms with E-state index in [0.29, 0.717) is 35.4 Å². The molecule has 2 aliphatic heterocycles. The fourth-order valence-electron chi connectivity index (χ4n) is 6.74. The van der Waals surface area contributed by atoms with Gasteiger partial charge in [0.15, 0.2) is 0 Å². The van der Waals surface area contributed by atoms with Crippen molar-refractivity contribution in [2.75, 3.05) is 49.2 Å². The van der Waals surface area contributed by atoms with Crippen LogP contribution in [0.25, 0.3) is 5.69 Å². The van der Waals surface area contributed by atoms with Gasteiger partial charge in [-0.2, -0.15) is 5.10 Å². The second kappa shape index (κ2) is 14.7. The summed E-state index contributed by atoms with van der Waals surface area (Å²) in [7, 11) is 0. The Labute approximate surface area is 307 Å². The van der Waals surface area contributed by atoms with Crippen LogP contribution in [0.15, 0.2) is 84.0 Å². The van der Waals surface area contributed by atoms with Crippen molar-refractivity contribution in [2.45, 2.75) is 58.6 Å². The lowest BCUT2D eigenvalue weighted by Crippen LogP contribution is -2.46. The predicted molar refractivity (Wildman–Crippen MR) is 200 cm³/mol. The van der Waals surface area contributed by atoms with Gasteiger partial charge in [0.25, 0.3) is 0 Å². The number of anilines is 2. The van der Waals surface area contributed by atoms with Crippen molar-refractivity contribution in [2.24, 2.45) is 0 Å². The van der Waals surface area contributed by atoms with E-state index in [4.69, 9.17) is 37.4 Å². The van der Waals surface area contributed by atoms with Crippen LogP contribution in [0.5, 0.6) is 5.75 Å². The molecule has 0 spiro atoms. The second-order valence-corrected chi connectivity index (χ2v) is 14.1. The third-order valence-corrected chi connectivity index (χ3v) is 10.5. The molecule has 0 aliphatic carbocycles. The highest BCUT2D eigenvalue weighted by atomic mass is 35.5. The number of hydrogen-bond acceptors (Lipinski definition) is 8. The van der Waals surface area contributed by atoms with Crippen molar-refractivity contribution in [3.8, 4) is 11.4 Å². The Bertz CT molecular complexity index is 2000. The molecule has 3 aromatic carbocycles. The minimum absolute atomic E-state index is 0.0652. The van der Waals surface area contributed by atoms with E-state index in [1.165, 1.54) is 0 Å². The zero-order chi connectivity index (χ0) is 35.7. The number of aromatic nitrogens is 5. The smallest absolute Gasteiger partial charge is 0.350 e. The number of halogens is 2. The number of imidazole rings is 1. The number of nitrogens with zero attached hydrogens (tertiary/aromatic N) is 7. The number of aryl methyl sites for hydroxylation is 2. The molecule has 11 nitrogen and oxygen atoms in total. The summed E-state index contributed by atoms with van der Waals surface area (Å²) in [5, 5.41) is 5.33. The Morgan fingerprint density at radius 2 is 1.59 bits per heavy atom. The number of benzene rings is 3. The monoisotopic (exact) mass is 731 g/mol. The molecule has 2 fully saturated rings. The molecule has 51 heavy (non-hydrogen) atoms. The van der Waals surface area contributed by atoms with Crippen LogP contribution in [0.4, 0.5) is 11.4 Å². The number of ether oxygens (including phenoxy) is 3. The molecule has 13 heteroatoms. The maximum Gasteiger partial charge on any atom is 0.350 e. The normalized spacial score (nSPS) is 19.8. The molecular weight excluding hydrogens is 689 g/mol. The van der Waals surface area contributed by atoms with E-state index in [1.54, 1.807) is 27.7 Å².